The largest absolute Gasteiger partial charge is 0.508 e. The van der Waals surface area contributed by atoms with E-state index in [0.29, 0.717) is 47.4 Å². The van der Waals surface area contributed by atoms with E-state index in [-0.39, 0.29) is 16.9 Å². The van der Waals surface area contributed by atoms with Crippen LogP contribution in [0.2, 0.25) is 0 Å². The molecule has 182 valence electrons. The van der Waals surface area contributed by atoms with Crippen LogP contribution >= 0.6 is 0 Å². The molecule has 9 heteroatoms. The molecule has 1 aromatic heterocycles. The van der Waals surface area contributed by atoms with Crippen LogP contribution in [0.25, 0.3) is 11.4 Å². The summed E-state index contributed by atoms with van der Waals surface area (Å²) in [5.74, 6) is 2.81. The van der Waals surface area contributed by atoms with Crippen molar-refractivity contribution in [2.24, 2.45) is 5.41 Å². The van der Waals surface area contributed by atoms with Crippen LogP contribution in [0.1, 0.15) is 38.3 Å². The van der Waals surface area contributed by atoms with Crippen LogP contribution in [0.3, 0.4) is 0 Å². The van der Waals surface area contributed by atoms with E-state index >= 15 is 0 Å². The zero-order chi connectivity index (χ0) is 24.9. The maximum Gasteiger partial charge on any atom is 0.226 e. The SMILES string of the molecule is COc1cc(OC)c(C2C3=C(CC(C)(C)CC3=O)Nc3nc(-c4ccc(O)cc4)nn32)cc1OC. The number of benzene rings is 2. The molecule has 2 aromatic carbocycles. The minimum atomic E-state index is -0.571. The summed E-state index contributed by atoms with van der Waals surface area (Å²) < 4.78 is 18.5. The van der Waals surface area contributed by atoms with Crippen molar-refractivity contribution >= 4 is 11.7 Å². The second-order valence-electron chi connectivity index (χ2n) is 9.56. The van der Waals surface area contributed by atoms with E-state index in [4.69, 9.17) is 24.3 Å². The third-order valence-electron chi connectivity index (χ3n) is 6.49. The molecule has 2 heterocycles. The van der Waals surface area contributed by atoms with E-state index < -0.39 is 6.04 Å². The summed E-state index contributed by atoms with van der Waals surface area (Å²) in [6, 6.07) is 9.70. The van der Waals surface area contributed by atoms with Crippen LogP contribution in [0, 0.1) is 5.41 Å². The number of Topliss-reactive ketones (excluding diaryl/α,β-unsaturated/α-hetero) is 1. The van der Waals surface area contributed by atoms with Gasteiger partial charge in [-0.2, -0.15) is 4.98 Å². The second kappa shape index (κ2) is 8.33. The molecule has 0 bridgehead atoms. The molecule has 5 rings (SSSR count). The van der Waals surface area contributed by atoms with E-state index in [1.165, 1.54) is 0 Å². The fraction of sp³-hybridized carbons (Fsp3) is 0.346. The lowest BCUT2D eigenvalue weighted by atomic mass is 9.73. The molecule has 1 atom stereocenters. The summed E-state index contributed by atoms with van der Waals surface area (Å²) >= 11 is 0. The van der Waals surface area contributed by atoms with Gasteiger partial charge in [0.2, 0.25) is 5.95 Å². The van der Waals surface area contributed by atoms with Gasteiger partial charge in [0.05, 0.1) is 21.3 Å². The lowest BCUT2D eigenvalue weighted by Gasteiger charge is -2.38. The van der Waals surface area contributed by atoms with Crippen molar-refractivity contribution in [1.82, 2.24) is 14.8 Å². The van der Waals surface area contributed by atoms with Crippen molar-refractivity contribution in [1.29, 1.82) is 0 Å². The molecule has 35 heavy (non-hydrogen) atoms. The fourth-order valence-corrected chi connectivity index (χ4v) is 4.90. The number of carbonyl (C=O) groups excluding carboxylic acids is 1. The number of rotatable bonds is 5. The van der Waals surface area contributed by atoms with Gasteiger partial charge in [0.25, 0.3) is 0 Å². The Bertz CT molecular complexity index is 1340. The quantitative estimate of drug-likeness (QED) is 0.560. The van der Waals surface area contributed by atoms with Crippen molar-refractivity contribution < 1.29 is 24.1 Å². The molecular weight excluding hydrogens is 448 g/mol. The molecule has 0 spiro atoms. The number of ketones is 1. The molecule has 1 aliphatic carbocycles. The first-order valence-electron chi connectivity index (χ1n) is 11.3. The van der Waals surface area contributed by atoms with Gasteiger partial charge in [0.15, 0.2) is 23.1 Å². The molecule has 3 aromatic rings. The minimum Gasteiger partial charge on any atom is -0.508 e. The first-order chi connectivity index (χ1) is 16.7. The van der Waals surface area contributed by atoms with Crippen LogP contribution in [0.4, 0.5) is 5.95 Å². The number of hydrogen-bond donors (Lipinski definition) is 2. The Balaban J connectivity index is 1.74. The van der Waals surface area contributed by atoms with Crippen LogP contribution in [-0.2, 0) is 4.79 Å². The van der Waals surface area contributed by atoms with Crippen molar-refractivity contribution in [3.63, 3.8) is 0 Å². The molecule has 1 unspecified atom stereocenters. The zero-order valence-electron chi connectivity index (χ0n) is 20.4. The predicted octanol–water partition coefficient (Wildman–Crippen LogP) is 4.33. The van der Waals surface area contributed by atoms with Gasteiger partial charge >= 0.3 is 0 Å². The highest BCUT2D eigenvalue weighted by Crippen LogP contribution is 2.49. The lowest BCUT2D eigenvalue weighted by molar-refractivity contribution is -0.118. The second-order valence-corrected chi connectivity index (χ2v) is 9.56. The Morgan fingerprint density at radius 1 is 1.00 bits per heavy atom. The number of nitrogens with zero attached hydrogens (tertiary/aromatic N) is 3. The summed E-state index contributed by atoms with van der Waals surface area (Å²) in [6.45, 7) is 4.17. The number of allylic oxidation sites excluding steroid dienone is 2. The van der Waals surface area contributed by atoms with Crippen molar-refractivity contribution in [3.05, 3.63) is 53.2 Å². The Kier molecular flexibility index (Phi) is 5.42. The van der Waals surface area contributed by atoms with Crippen molar-refractivity contribution in [2.75, 3.05) is 26.6 Å². The number of methoxy groups -OCH3 is 3. The Labute approximate surface area is 203 Å². The molecule has 0 radical (unpaired) electrons. The number of phenolic OH excluding ortho intramolecular Hbond substituents is 1. The number of aromatic nitrogens is 3. The number of ether oxygens (including phenoxy) is 3. The van der Waals surface area contributed by atoms with E-state index in [1.807, 2.05) is 6.07 Å². The van der Waals surface area contributed by atoms with Gasteiger partial charge in [0.1, 0.15) is 17.5 Å². The van der Waals surface area contributed by atoms with Gasteiger partial charge in [0, 0.05) is 34.9 Å². The van der Waals surface area contributed by atoms with Gasteiger partial charge in [-0.05, 0) is 42.2 Å². The van der Waals surface area contributed by atoms with Gasteiger partial charge in [-0.15, -0.1) is 5.10 Å². The molecule has 2 aliphatic rings. The number of phenols is 1. The maximum absolute atomic E-state index is 13.5. The number of nitrogens with one attached hydrogen (secondary N) is 1. The monoisotopic (exact) mass is 476 g/mol. The normalized spacial score (nSPS) is 18.4. The highest BCUT2D eigenvalue weighted by Gasteiger charge is 2.43. The average molecular weight is 477 g/mol. The number of fused-ring (bicyclic) bond motifs is 1. The molecule has 0 saturated heterocycles. The van der Waals surface area contributed by atoms with Gasteiger partial charge in [-0.1, -0.05) is 13.8 Å². The molecular formula is C26H28N4O5. The predicted molar refractivity (Wildman–Crippen MR) is 130 cm³/mol. The number of aromatic hydroxyl groups is 1. The van der Waals surface area contributed by atoms with Gasteiger partial charge < -0.3 is 24.6 Å². The lowest BCUT2D eigenvalue weighted by Crippen LogP contribution is -2.36. The van der Waals surface area contributed by atoms with Gasteiger partial charge in [-0.25, -0.2) is 4.68 Å². The minimum absolute atomic E-state index is 0.0536. The Morgan fingerprint density at radius 2 is 1.66 bits per heavy atom. The smallest absolute Gasteiger partial charge is 0.226 e. The van der Waals surface area contributed by atoms with E-state index in [2.05, 4.69) is 19.2 Å². The Morgan fingerprint density at radius 3 is 2.31 bits per heavy atom. The van der Waals surface area contributed by atoms with E-state index in [9.17, 15) is 9.90 Å². The molecule has 0 amide bonds. The first kappa shape index (κ1) is 22.8. The summed E-state index contributed by atoms with van der Waals surface area (Å²) in [6.07, 6.45) is 1.12. The average Bonchev–Trinajstić information content (AvgIpc) is 3.25. The molecule has 9 nitrogen and oxygen atoms in total. The fourth-order valence-electron chi connectivity index (χ4n) is 4.90. The highest BCUT2D eigenvalue weighted by molar-refractivity contribution is 6.00. The van der Waals surface area contributed by atoms with Gasteiger partial charge in [-0.3, -0.25) is 4.79 Å². The molecule has 2 N–H and O–H groups in total. The maximum atomic E-state index is 13.5. The first-order valence-corrected chi connectivity index (χ1v) is 11.3. The third-order valence-corrected chi connectivity index (χ3v) is 6.49. The summed E-state index contributed by atoms with van der Waals surface area (Å²) in [4.78, 5) is 18.3. The topological polar surface area (TPSA) is 108 Å². The van der Waals surface area contributed by atoms with Crippen molar-refractivity contribution in [2.45, 2.75) is 32.7 Å². The highest BCUT2D eigenvalue weighted by atomic mass is 16.5. The summed E-state index contributed by atoms with van der Waals surface area (Å²) in [5.41, 5.74) is 2.76. The standard InChI is InChI=1S/C26H28N4O5/c1-26(2)12-17-22(18(32)13-26)23(16-10-20(34-4)21(35-5)11-19(16)33-3)30-25(27-17)28-24(29-30)14-6-8-15(31)9-7-14/h6-11,23,31H,12-13H2,1-5H3,(H,27,28,29). The van der Waals surface area contributed by atoms with Crippen LogP contribution in [-0.4, -0.2) is 47.0 Å². The summed E-state index contributed by atoms with van der Waals surface area (Å²) in [7, 11) is 4.71. The Hall–Kier alpha value is -4.01. The molecule has 0 saturated carbocycles. The van der Waals surface area contributed by atoms with Crippen LogP contribution < -0.4 is 19.5 Å². The van der Waals surface area contributed by atoms with E-state index in [1.54, 1.807) is 56.3 Å². The number of carbonyl (C=O) groups is 1. The number of anilines is 1. The van der Waals surface area contributed by atoms with Crippen LogP contribution in [0.15, 0.2) is 47.7 Å². The van der Waals surface area contributed by atoms with Crippen molar-refractivity contribution in [3.8, 4) is 34.4 Å². The zero-order valence-corrected chi connectivity index (χ0v) is 20.4. The summed E-state index contributed by atoms with van der Waals surface area (Å²) in [5, 5.41) is 17.9. The van der Waals surface area contributed by atoms with Crippen LogP contribution in [0.5, 0.6) is 23.0 Å². The molecule has 1 aliphatic heterocycles. The third kappa shape index (κ3) is 3.86. The number of hydrogen-bond acceptors (Lipinski definition) is 8. The molecule has 0 fully saturated rings. The van der Waals surface area contributed by atoms with E-state index in [0.717, 1.165) is 16.8 Å².